The van der Waals surface area contributed by atoms with Gasteiger partial charge in [0.15, 0.2) is 0 Å². The third-order valence-electron chi connectivity index (χ3n) is 5.94. The van der Waals surface area contributed by atoms with E-state index in [1.165, 1.54) is 0 Å². The first-order chi connectivity index (χ1) is 16.9. The Kier molecular flexibility index (Phi) is 8.65. The minimum atomic E-state index is -0.285. The Morgan fingerprint density at radius 2 is 1.63 bits per heavy atom. The molecule has 1 aromatic heterocycles. The molecule has 0 aliphatic heterocycles. The zero-order valence-electron chi connectivity index (χ0n) is 20.6. The molecule has 3 rings (SSSR count). The maximum Gasteiger partial charge on any atom is 0.239 e. The van der Waals surface area contributed by atoms with Crippen LogP contribution in [-0.2, 0) is 16.1 Å². The fraction of sp³-hybridized carbons (Fsp3) is 0.296. The third kappa shape index (κ3) is 6.49. The van der Waals surface area contributed by atoms with Gasteiger partial charge in [0, 0.05) is 17.9 Å². The van der Waals surface area contributed by atoms with Gasteiger partial charge in [-0.2, -0.15) is 5.26 Å². The number of hydrogen-bond acceptors (Lipinski definition) is 5. The Morgan fingerprint density at radius 3 is 2.20 bits per heavy atom. The monoisotopic (exact) mass is 473 g/mol. The van der Waals surface area contributed by atoms with Gasteiger partial charge < -0.3 is 19.9 Å². The van der Waals surface area contributed by atoms with E-state index in [0.717, 1.165) is 16.8 Å². The maximum absolute atomic E-state index is 13.0. The summed E-state index contributed by atoms with van der Waals surface area (Å²) in [6.07, 6.45) is 0. The molecule has 0 aliphatic carbocycles. The Bertz CT molecular complexity index is 1210. The minimum absolute atomic E-state index is 0.0199. The number of rotatable bonds is 10. The van der Waals surface area contributed by atoms with Gasteiger partial charge in [0.05, 0.1) is 25.8 Å². The van der Waals surface area contributed by atoms with Crippen molar-refractivity contribution in [2.75, 3.05) is 37.4 Å². The van der Waals surface area contributed by atoms with Crippen LogP contribution in [0, 0.1) is 25.2 Å². The van der Waals surface area contributed by atoms with Crippen LogP contribution >= 0.6 is 0 Å². The fourth-order valence-electron chi connectivity index (χ4n) is 3.83. The van der Waals surface area contributed by atoms with E-state index >= 15 is 0 Å². The second-order valence-electron chi connectivity index (χ2n) is 8.25. The number of methoxy groups -OCH3 is 1. The lowest BCUT2D eigenvalue weighted by Crippen LogP contribution is -2.39. The number of hydrogen-bond donors (Lipinski definition) is 2. The molecule has 0 atom stereocenters. The van der Waals surface area contributed by atoms with Crippen LogP contribution in [0.3, 0.4) is 0 Å². The molecule has 2 aromatic carbocycles. The average Bonchev–Trinajstić information content (AvgIpc) is 3.08. The van der Waals surface area contributed by atoms with Gasteiger partial charge in [0.25, 0.3) is 0 Å². The number of benzene rings is 2. The fourth-order valence-corrected chi connectivity index (χ4v) is 3.83. The lowest BCUT2D eigenvalue weighted by Gasteiger charge is -2.20. The Balaban J connectivity index is 1.68. The number of carbonyl (C=O) groups is 2. The molecule has 8 heteroatoms. The molecule has 3 aromatic rings. The van der Waals surface area contributed by atoms with Gasteiger partial charge in [-0.05, 0) is 55.8 Å². The summed E-state index contributed by atoms with van der Waals surface area (Å²) in [6, 6.07) is 19.2. The molecule has 0 unspecified atom stereocenters. The van der Waals surface area contributed by atoms with E-state index in [2.05, 4.69) is 16.7 Å². The molecule has 2 N–H and O–H groups in total. The first-order valence-electron chi connectivity index (χ1n) is 11.5. The van der Waals surface area contributed by atoms with Crippen molar-refractivity contribution in [3.63, 3.8) is 0 Å². The first-order valence-corrected chi connectivity index (χ1v) is 11.5. The van der Waals surface area contributed by atoms with Crippen molar-refractivity contribution in [3.05, 3.63) is 77.0 Å². The van der Waals surface area contributed by atoms with E-state index in [1.807, 2.05) is 55.7 Å². The summed E-state index contributed by atoms with van der Waals surface area (Å²) >= 11 is 0. The van der Waals surface area contributed by atoms with Gasteiger partial charge in [0.2, 0.25) is 11.8 Å². The quantitative estimate of drug-likeness (QED) is 0.465. The van der Waals surface area contributed by atoms with Crippen molar-refractivity contribution in [1.82, 2.24) is 9.47 Å². The summed E-state index contributed by atoms with van der Waals surface area (Å²) in [7, 11) is 1.58. The third-order valence-corrected chi connectivity index (χ3v) is 5.94. The molecular formula is C27H31N5O3. The van der Waals surface area contributed by atoms with Crippen molar-refractivity contribution >= 4 is 23.3 Å². The zero-order valence-corrected chi connectivity index (χ0v) is 20.6. The van der Waals surface area contributed by atoms with Crippen molar-refractivity contribution in [2.45, 2.75) is 27.3 Å². The number of likely N-dealkylation sites (N-methyl/N-ethyl adjacent to an activating group) is 1. The van der Waals surface area contributed by atoms with Crippen LogP contribution in [0.25, 0.3) is 0 Å². The van der Waals surface area contributed by atoms with E-state index in [9.17, 15) is 14.9 Å². The maximum atomic E-state index is 13.0. The lowest BCUT2D eigenvalue weighted by atomic mass is 10.2. The number of aromatic nitrogens is 1. The molecule has 2 amide bonds. The van der Waals surface area contributed by atoms with Crippen LogP contribution in [0.1, 0.15) is 29.3 Å². The molecule has 0 fully saturated rings. The molecule has 0 bridgehead atoms. The van der Waals surface area contributed by atoms with E-state index < -0.39 is 0 Å². The number of ether oxygens (including phenoxy) is 1. The Morgan fingerprint density at radius 1 is 1.00 bits per heavy atom. The standard InChI is InChI=1S/C27H31N5O3/c1-5-31(17-25(33)29-22-11-13-23(35-4)14-12-22)18-26(34)30-27-24(15-28)19(2)20(3)32(27)16-21-9-7-6-8-10-21/h6-14H,5,16-18H2,1-4H3,(H,29,33)(H,30,34). The molecule has 0 spiro atoms. The molecular weight excluding hydrogens is 442 g/mol. The Hall–Kier alpha value is -4.09. The highest BCUT2D eigenvalue weighted by molar-refractivity contribution is 5.95. The number of nitrogens with one attached hydrogen (secondary N) is 2. The van der Waals surface area contributed by atoms with Gasteiger partial charge in [-0.1, -0.05) is 37.3 Å². The van der Waals surface area contributed by atoms with Crippen LogP contribution < -0.4 is 15.4 Å². The van der Waals surface area contributed by atoms with E-state index in [4.69, 9.17) is 4.74 Å². The van der Waals surface area contributed by atoms with Gasteiger partial charge in [-0.15, -0.1) is 0 Å². The van der Waals surface area contributed by atoms with Crippen LogP contribution in [-0.4, -0.2) is 48.0 Å². The number of anilines is 2. The number of nitrogens with zero attached hydrogens (tertiary/aromatic N) is 3. The second-order valence-corrected chi connectivity index (χ2v) is 8.25. The van der Waals surface area contributed by atoms with Crippen LogP contribution in [0.15, 0.2) is 54.6 Å². The van der Waals surface area contributed by atoms with Gasteiger partial charge >= 0.3 is 0 Å². The summed E-state index contributed by atoms with van der Waals surface area (Å²) in [6.45, 7) is 6.84. The summed E-state index contributed by atoms with van der Waals surface area (Å²) in [4.78, 5) is 27.2. The van der Waals surface area contributed by atoms with Crippen molar-refractivity contribution < 1.29 is 14.3 Å². The van der Waals surface area contributed by atoms with Gasteiger partial charge in [-0.3, -0.25) is 14.5 Å². The molecule has 8 nitrogen and oxygen atoms in total. The highest BCUT2D eigenvalue weighted by Crippen LogP contribution is 2.27. The summed E-state index contributed by atoms with van der Waals surface area (Å²) in [5.74, 6) is 0.679. The predicted molar refractivity (Wildman–Crippen MR) is 137 cm³/mol. The molecule has 0 saturated heterocycles. The highest BCUT2D eigenvalue weighted by Gasteiger charge is 2.21. The SMILES string of the molecule is CCN(CC(=O)Nc1ccc(OC)cc1)CC(=O)Nc1c(C#N)c(C)c(C)n1Cc1ccccc1. The van der Waals surface area contributed by atoms with Gasteiger partial charge in [-0.25, -0.2) is 0 Å². The molecule has 0 radical (unpaired) electrons. The van der Waals surface area contributed by atoms with E-state index in [-0.39, 0.29) is 24.9 Å². The van der Waals surface area contributed by atoms with E-state index in [0.29, 0.717) is 35.9 Å². The first kappa shape index (κ1) is 25.5. The molecule has 1 heterocycles. The topological polar surface area (TPSA) is 99.4 Å². The zero-order chi connectivity index (χ0) is 25.4. The Labute approximate surface area is 206 Å². The summed E-state index contributed by atoms with van der Waals surface area (Å²) in [5.41, 5.74) is 3.93. The number of amides is 2. The second kappa shape index (κ2) is 11.9. The largest absolute Gasteiger partial charge is 0.497 e. The summed E-state index contributed by atoms with van der Waals surface area (Å²) in [5, 5.41) is 15.5. The smallest absolute Gasteiger partial charge is 0.239 e. The average molecular weight is 474 g/mol. The molecule has 0 saturated carbocycles. The van der Waals surface area contributed by atoms with Crippen LogP contribution in [0.4, 0.5) is 11.5 Å². The van der Waals surface area contributed by atoms with Gasteiger partial charge in [0.1, 0.15) is 17.6 Å². The molecule has 35 heavy (non-hydrogen) atoms. The van der Waals surface area contributed by atoms with Crippen LogP contribution in [0.5, 0.6) is 5.75 Å². The molecule has 182 valence electrons. The highest BCUT2D eigenvalue weighted by atomic mass is 16.5. The normalized spacial score (nSPS) is 10.6. The lowest BCUT2D eigenvalue weighted by molar-refractivity contribution is -0.119. The van der Waals surface area contributed by atoms with Crippen molar-refractivity contribution in [2.24, 2.45) is 0 Å². The predicted octanol–water partition coefficient (Wildman–Crippen LogP) is 3.93. The van der Waals surface area contributed by atoms with Crippen molar-refractivity contribution in [1.29, 1.82) is 5.26 Å². The number of carbonyl (C=O) groups excluding carboxylic acids is 2. The minimum Gasteiger partial charge on any atom is -0.497 e. The van der Waals surface area contributed by atoms with Crippen LogP contribution in [0.2, 0.25) is 0 Å². The molecule has 0 aliphatic rings. The van der Waals surface area contributed by atoms with Crippen molar-refractivity contribution in [3.8, 4) is 11.8 Å². The number of nitriles is 1. The summed E-state index contributed by atoms with van der Waals surface area (Å²) < 4.78 is 7.08. The van der Waals surface area contributed by atoms with E-state index in [1.54, 1.807) is 36.3 Å².